The number of hydrogen-bond donors (Lipinski definition) is 3. The maximum atomic E-state index is 10.5. The van der Waals surface area contributed by atoms with Crippen molar-refractivity contribution in [2.75, 3.05) is 6.54 Å². The van der Waals surface area contributed by atoms with Crippen LogP contribution in [0.2, 0.25) is 0 Å². The third kappa shape index (κ3) is 3.37. The molecule has 7 heteroatoms. The van der Waals surface area contributed by atoms with Crippen LogP contribution in [0.1, 0.15) is 14.8 Å². The molecule has 0 bridgehead atoms. The molecule has 0 spiro atoms. The van der Waals surface area contributed by atoms with Crippen molar-refractivity contribution in [3.63, 3.8) is 0 Å². The maximum Gasteiger partial charge on any atom is 1.00 e. The number of hydrogen-bond acceptors (Lipinski definition) is 4. The largest absolute Gasteiger partial charge is 1.00 e. The Kier molecular flexibility index (Phi) is 6.21. The SMILES string of the molecule is CCC(N)(CN)S(=O)(=O)O.[H-].[Na+]. The van der Waals surface area contributed by atoms with E-state index in [1.54, 1.807) is 6.92 Å². The van der Waals surface area contributed by atoms with E-state index < -0.39 is 15.0 Å². The van der Waals surface area contributed by atoms with Crippen molar-refractivity contribution in [2.45, 2.75) is 18.2 Å². The summed E-state index contributed by atoms with van der Waals surface area (Å²) in [6.45, 7) is 1.27. The molecule has 0 aliphatic heterocycles. The van der Waals surface area contributed by atoms with Gasteiger partial charge in [0.05, 0.1) is 0 Å². The van der Waals surface area contributed by atoms with Gasteiger partial charge in [0, 0.05) is 6.54 Å². The average molecular weight is 192 g/mol. The van der Waals surface area contributed by atoms with E-state index in [-0.39, 0.29) is 43.9 Å². The predicted octanol–water partition coefficient (Wildman–Crippen LogP) is -3.99. The quantitative estimate of drug-likeness (QED) is 0.312. The molecule has 0 rings (SSSR count). The second-order valence-corrected chi connectivity index (χ2v) is 3.86. The van der Waals surface area contributed by atoms with Gasteiger partial charge < -0.3 is 12.9 Å². The molecule has 0 aromatic carbocycles. The molecule has 5 nitrogen and oxygen atoms in total. The molecule has 0 aromatic heterocycles. The van der Waals surface area contributed by atoms with Crippen LogP contribution in [0.4, 0.5) is 0 Å². The van der Waals surface area contributed by atoms with Crippen LogP contribution >= 0.6 is 0 Å². The second-order valence-electron chi connectivity index (χ2n) is 2.10. The van der Waals surface area contributed by atoms with Crippen molar-refractivity contribution in [3.05, 3.63) is 0 Å². The van der Waals surface area contributed by atoms with Gasteiger partial charge in [-0.05, 0) is 6.42 Å². The zero-order valence-electron chi connectivity index (χ0n) is 7.74. The van der Waals surface area contributed by atoms with Crippen LogP contribution in [0.5, 0.6) is 0 Å². The van der Waals surface area contributed by atoms with Crippen LogP contribution in [-0.4, -0.2) is 24.4 Å². The Morgan fingerprint density at radius 2 is 2.00 bits per heavy atom. The Morgan fingerprint density at radius 1 is 1.64 bits per heavy atom. The summed E-state index contributed by atoms with van der Waals surface area (Å²) in [4.78, 5) is -1.67. The first kappa shape index (κ1) is 14.4. The van der Waals surface area contributed by atoms with E-state index in [9.17, 15) is 8.42 Å². The normalized spacial score (nSPS) is 16.7. The van der Waals surface area contributed by atoms with Gasteiger partial charge in [0.25, 0.3) is 10.1 Å². The van der Waals surface area contributed by atoms with Gasteiger partial charge in [0.15, 0.2) is 4.87 Å². The van der Waals surface area contributed by atoms with Gasteiger partial charge in [-0.3, -0.25) is 4.55 Å². The van der Waals surface area contributed by atoms with Crippen molar-refractivity contribution < 1.29 is 44.0 Å². The van der Waals surface area contributed by atoms with E-state index in [2.05, 4.69) is 0 Å². The first-order valence-corrected chi connectivity index (χ1v) is 4.27. The topological polar surface area (TPSA) is 106 Å². The van der Waals surface area contributed by atoms with E-state index in [1.807, 2.05) is 0 Å². The smallest absolute Gasteiger partial charge is 1.00 e. The molecule has 5 N–H and O–H groups in total. The molecule has 0 aliphatic carbocycles. The van der Waals surface area contributed by atoms with Crippen LogP contribution in [-0.2, 0) is 10.1 Å². The van der Waals surface area contributed by atoms with E-state index >= 15 is 0 Å². The minimum Gasteiger partial charge on any atom is -1.00 e. The summed E-state index contributed by atoms with van der Waals surface area (Å²) >= 11 is 0. The molecular formula is C4H13N2NaO3S. The van der Waals surface area contributed by atoms with Crippen LogP contribution in [0, 0.1) is 0 Å². The van der Waals surface area contributed by atoms with Gasteiger partial charge in [0.2, 0.25) is 0 Å². The van der Waals surface area contributed by atoms with Gasteiger partial charge >= 0.3 is 29.6 Å². The van der Waals surface area contributed by atoms with Crippen molar-refractivity contribution in [3.8, 4) is 0 Å². The van der Waals surface area contributed by atoms with Crippen LogP contribution in [0.3, 0.4) is 0 Å². The zero-order valence-corrected chi connectivity index (χ0v) is 9.56. The van der Waals surface area contributed by atoms with Crippen LogP contribution in [0.15, 0.2) is 0 Å². The molecule has 11 heavy (non-hydrogen) atoms. The van der Waals surface area contributed by atoms with Crippen LogP contribution < -0.4 is 41.0 Å². The van der Waals surface area contributed by atoms with Crippen molar-refractivity contribution in [2.24, 2.45) is 11.5 Å². The Morgan fingerprint density at radius 3 is 2.00 bits per heavy atom. The summed E-state index contributed by atoms with van der Waals surface area (Å²) in [6.07, 6.45) is 0.0995. The minimum absolute atomic E-state index is 0. The first-order chi connectivity index (χ1) is 4.37. The monoisotopic (exact) mass is 192 g/mol. The predicted molar refractivity (Wildman–Crippen MR) is 38.9 cm³/mol. The molecular weight excluding hydrogens is 179 g/mol. The summed E-state index contributed by atoms with van der Waals surface area (Å²) < 4.78 is 29.4. The van der Waals surface area contributed by atoms with Crippen molar-refractivity contribution in [1.29, 1.82) is 0 Å². The standard InChI is InChI=1S/C4H12N2O3S.Na.H/c1-2-4(6,3-5)10(7,8)9;;/h2-3,5-6H2,1H3,(H,7,8,9);;/q;+1;-1. The summed E-state index contributed by atoms with van der Waals surface area (Å²) in [7, 11) is -4.21. The molecule has 0 saturated carbocycles. The van der Waals surface area contributed by atoms with E-state index in [0.717, 1.165) is 0 Å². The van der Waals surface area contributed by atoms with E-state index in [1.165, 1.54) is 0 Å². The molecule has 1 atom stereocenters. The Balaban J connectivity index is -0.000000405. The number of nitrogens with two attached hydrogens (primary N) is 2. The van der Waals surface area contributed by atoms with Gasteiger partial charge in [-0.25, -0.2) is 0 Å². The Bertz CT molecular complexity index is 204. The molecule has 0 fully saturated rings. The molecule has 0 saturated heterocycles. The molecule has 0 aromatic rings. The Hall–Kier alpha value is 0.830. The average Bonchev–Trinajstić information content (AvgIpc) is 1.84. The van der Waals surface area contributed by atoms with Crippen LogP contribution in [0.25, 0.3) is 0 Å². The number of rotatable bonds is 3. The maximum absolute atomic E-state index is 10.5. The van der Waals surface area contributed by atoms with Gasteiger partial charge in [-0.2, -0.15) is 8.42 Å². The molecule has 0 radical (unpaired) electrons. The zero-order chi connectivity index (χ0) is 8.41. The minimum atomic E-state index is -4.21. The summed E-state index contributed by atoms with van der Waals surface area (Å²) in [5.74, 6) is 0. The van der Waals surface area contributed by atoms with Gasteiger partial charge in [0.1, 0.15) is 0 Å². The molecule has 1 unspecified atom stereocenters. The van der Waals surface area contributed by atoms with Crippen molar-refractivity contribution >= 4 is 10.1 Å². The second kappa shape index (κ2) is 4.76. The first-order valence-electron chi connectivity index (χ1n) is 2.83. The fraction of sp³-hybridized carbons (Fsp3) is 1.00. The Labute approximate surface area is 90.0 Å². The van der Waals surface area contributed by atoms with Gasteiger partial charge in [-0.15, -0.1) is 0 Å². The van der Waals surface area contributed by atoms with Crippen molar-refractivity contribution in [1.82, 2.24) is 0 Å². The fourth-order valence-electron chi connectivity index (χ4n) is 0.432. The van der Waals surface area contributed by atoms with E-state index in [0.29, 0.717) is 0 Å². The third-order valence-corrected chi connectivity index (χ3v) is 2.94. The van der Waals surface area contributed by atoms with E-state index in [4.69, 9.17) is 16.0 Å². The fourth-order valence-corrected chi connectivity index (χ4v) is 1.01. The summed E-state index contributed by atoms with van der Waals surface area (Å²) in [5.41, 5.74) is 10.3. The summed E-state index contributed by atoms with van der Waals surface area (Å²) in [6, 6.07) is 0. The van der Waals surface area contributed by atoms with Gasteiger partial charge in [-0.1, -0.05) is 6.92 Å². The molecule has 0 heterocycles. The molecule has 0 aliphatic rings. The summed E-state index contributed by atoms with van der Waals surface area (Å²) in [5, 5.41) is 0. The molecule has 0 amide bonds. The molecule has 64 valence electrons. The third-order valence-electron chi connectivity index (χ3n) is 1.46.